The zero-order chi connectivity index (χ0) is 14.5. The SMILES string of the molecule is CC[C@H](O)CN1CCN(C(=O)[C@H](C)OCC2CC2)CC1. The molecule has 1 saturated carbocycles. The summed E-state index contributed by atoms with van der Waals surface area (Å²) >= 11 is 0. The maximum absolute atomic E-state index is 12.2. The Hall–Kier alpha value is -0.650. The van der Waals surface area contributed by atoms with Crippen LogP contribution in [0.15, 0.2) is 0 Å². The van der Waals surface area contributed by atoms with Gasteiger partial charge in [0.1, 0.15) is 6.10 Å². The van der Waals surface area contributed by atoms with Crippen LogP contribution < -0.4 is 0 Å². The highest BCUT2D eigenvalue weighted by Gasteiger charge is 2.28. The van der Waals surface area contributed by atoms with Crippen LogP contribution in [0.4, 0.5) is 0 Å². The molecule has 5 nitrogen and oxygen atoms in total. The second-order valence-electron chi connectivity index (χ2n) is 6.11. The molecule has 2 fully saturated rings. The van der Waals surface area contributed by atoms with E-state index in [1.807, 2.05) is 18.7 Å². The predicted octanol–water partition coefficient (Wildman–Crippen LogP) is 0.717. The third-order valence-electron chi connectivity index (χ3n) is 4.25. The lowest BCUT2D eigenvalue weighted by atomic mass is 10.2. The van der Waals surface area contributed by atoms with Gasteiger partial charge in [0.25, 0.3) is 5.91 Å². The summed E-state index contributed by atoms with van der Waals surface area (Å²) < 4.78 is 5.64. The molecular formula is C15H28N2O3. The number of rotatable bonds is 7. The molecule has 0 aromatic rings. The number of piperazine rings is 1. The first-order valence-electron chi connectivity index (χ1n) is 7.91. The molecule has 1 N–H and O–H groups in total. The molecule has 2 atom stereocenters. The van der Waals surface area contributed by atoms with Crippen molar-refractivity contribution in [3.8, 4) is 0 Å². The van der Waals surface area contributed by atoms with Crippen molar-refractivity contribution in [3.05, 3.63) is 0 Å². The van der Waals surface area contributed by atoms with Gasteiger partial charge < -0.3 is 14.7 Å². The molecule has 0 spiro atoms. The van der Waals surface area contributed by atoms with E-state index in [9.17, 15) is 9.90 Å². The number of hydrogen-bond acceptors (Lipinski definition) is 4. The van der Waals surface area contributed by atoms with E-state index in [1.54, 1.807) is 0 Å². The molecule has 0 unspecified atom stereocenters. The van der Waals surface area contributed by atoms with E-state index in [1.165, 1.54) is 12.8 Å². The van der Waals surface area contributed by atoms with E-state index in [0.717, 1.165) is 39.2 Å². The van der Waals surface area contributed by atoms with Gasteiger partial charge in [0.15, 0.2) is 0 Å². The first-order valence-corrected chi connectivity index (χ1v) is 7.91. The fraction of sp³-hybridized carbons (Fsp3) is 0.933. The minimum absolute atomic E-state index is 0.112. The van der Waals surface area contributed by atoms with Crippen molar-refractivity contribution in [1.82, 2.24) is 9.80 Å². The summed E-state index contributed by atoms with van der Waals surface area (Å²) in [4.78, 5) is 16.4. The van der Waals surface area contributed by atoms with Gasteiger partial charge in [-0.3, -0.25) is 9.69 Å². The Morgan fingerprint density at radius 1 is 1.30 bits per heavy atom. The van der Waals surface area contributed by atoms with E-state index in [-0.39, 0.29) is 18.1 Å². The first-order chi connectivity index (χ1) is 9.60. The van der Waals surface area contributed by atoms with Gasteiger partial charge >= 0.3 is 0 Å². The number of β-amino-alcohol motifs (C(OH)–C–C–N with tert-alkyl or cyclic N) is 1. The van der Waals surface area contributed by atoms with Crippen LogP contribution in [0, 0.1) is 5.92 Å². The lowest BCUT2D eigenvalue weighted by Crippen LogP contribution is -2.52. The zero-order valence-electron chi connectivity index (χ0n) is 12.8. The lowest BCUT2D eigenvalue weighted by molar-refractivity contribution is -0.144. The van der Waals surface area contributed by atoms with Crippen LogP contribution in [0.2, 0.25) is 0 Å². The van der Waals surface area contributed by atoms with Crippen molar-refractivity contribution in [2.75, 3.05) is 39.3 Å². The van der Waals surface area contributed by atoms with E-state index in [2.05, 4.69) is 4.90 Å². The molecule has 116 valence electrons. The number of aliphatic hydroxyl groups excluding tert-OH is 1. The molecule has 2 aliphatic rings. The molecule has 1 amide bonds. The second-order valence-corrected chi connectivity index (χ2v) is 6.11. The van der Waals surface area contributed by atoms with Gasteiger partial charge in [-0.15, -0.1) is 0 Å². The van der Waals surface area contributed by atoms with Gasteiger partial charge in [0.2, 0.25) is 0 Å². The average Bonchev–Trinajstić information content (AvgIpc) is 3.29. The third kappa shape index (κ3) is 4.72. The third-order valence-corrected chi connectivity index (χ3v) is 4.25. The number of nitrogens with zero attached hydrogens (tertiary/aromatic N) is 2. The van der Waals surface area contributed by atoms with E-state index in [4.69, 9.17) is 4.74 Å². The van der Waals surface area contributed by atoms with Gasteiger partial charge in [-0.1, -0.05) is 6.92 Å². The topological polar surface area (TPSA) is 53.0 Å². The molecule has 2 rings (SSSR count). The standard InChI is InChI=1S/C15H28N2O3/c1-3-14(18)10-16-6-8-17(9-7-16)15(19)12(2)20-11-13-4-5-13/h12-14,18H,3-11H2,1-2H3/t12-,14-/m0/s1. The van der Waals surface area contributed by atoms with Crippen LogP contribution in [-0.2, 0) is 9.53 Å². The number of aliphatic hydroxyl groups is 1. The Kier molecular flexibility index (Phi) is 5.81. The molecule has 1 aliphatic heterocycles. The molecule has 1 heterocycles. The number of amides is 1. The van der Waals surface area contributed by atoms with Crippen LogP contribution in [0.5, 0.6) is 0 Å². The number of ether oxygens (including phenoxy) is 1. The molecule has 1 saturated heterocycles. The Morgan fingerprint density at radius 2 is 1.95 bits per heavy atom. The van der Waals surface area contributed by atoms with Crippen molar-refractivity contribution >= 4 is 5.91 Å². The van der Waals surface area contributed by atoms with Crippen LogP contribution >= 0.6 is 0 Å². The fourth-order valence-corrected chi connectivity index (χ4v) is 2.47. The van der Waals surface area contributed by atoms with Crippen molar-refractivity contribution < 1.29 is 14.6 Å². The smallest absolute Gasteiger partial charge is 0.251 e. The summed E-state index contributed by atoms with van der Waals surface area (Å²) in [7, 11) is 0. The van der Waals surface area contributed by atoms with Crippen LogP contribution in [0.25, 0.3) is 0 Å². The summed E-state index contributed by atoms with van der Waals surface area (Å²) in [5, 5.41) is 9.66. The molecule has 0 bridgehead atoms. The molecule has 5 heteroatoms. The first kappa shape index (κ1) is 15.7. The van der Waals surface area contributed by atoms with Gasteiger partial charge in [0, 0.05) is 32.7 Å². The Morgan fingerprint density at radius 3 is 2.50 bits per heavy atom. The van der Waals surface area contributed by atoms with Crippen LogP contribution in [0.1, 0.15) is 33.1 Å². The second kappa shape index (κ2) is 7.38. The highest BCUT2D eigenvalue weighted by atomic mass is 16.5. The predicted molar refractivity (Wildman–Crippen MR) is 77.5 cm³/mol. The highest BCUT2D eigenvalue weighted by molar-refractivity contribution is 5.80. The van der Waals surface area contributed by atoms with E-state index >= 15 is 0 Å². The number of carbonyl (C=O) groups is 1. The molecule has 0 radical (unpaired) electrons. The van der Waals surface area contributed by atoms with Crippen molar-refractivity contribution in [2.45, 2.75) is 45.3 Å². The van der Waals surface area contributed by atoms with Gasteiger partial charge in [-0.25, -0.2) is 0 Å². The van der Waals surface area contributed by atoms with Crippen molar-refractivity contribution in [2.24, 2.45) is 5.92 Å². The Labute approximate surface area is 121 Å². The van der Waals surface area contributed by atoms with Crippen molar-refractivity contribution in [1.29, 1.82) is 0 Å². The minimum Gasteiger partial charge on any atom is -0.392 e. The van der Waals surface area contributed by atoms with E-state index < -0.39 is 0 Å². The van der Waals surface area contributed by atoms with E-state index in [0.29, 0.717) is 12.5 Å². The average molecular weight is 284 g/mol. The Balaban J connectivity index is 1.67. The molecule has 20 heavy (non-hydrogen) atoms. The monoisotopic (exact) mass is 284 g/mol. The highest BCUT2D eigenvalue weighted by Crippen LogP contribution is 2.29. The normalized spacial score (nSPS) is 23.6. The zero-order valence-corrected chi connectivity index (χ0v) is 12.8. The summed E-state index contributed by atoms with van der Waals surface area (Å²) in [6.07, 6.45) is 2.71. The summed E-state index contributed by atoms with van der Waals surface area (Å²) in [6.45, 7) is 8.47. The lowest BCUT2D eigenvalue weighted by Gasteiger charge is -2.36. The summed E-state index contributed by atoms with van der Waals surface area (Å²) in [5.74, 6) is 0.805. The maximum atomic E-state index is 12.2. The molecule has 1 aliphatic carbocycles. The quantitative estimate of drug-likeness (QED) is 0.748. The number of carbonyl (C=O) groups excluding carboxylic acids is 1. The van der Waals surface area contributed by atoms with Crippen LogP contribution in [0.3, 0.4) is 0 Å². The largest absolute Gasteiger partial charge is 0.392 e. The minimum atomic E-state index is -0.316. The maximum Gasteiger partial charge on any atom is 0.251 e. The number of hydrogen-bond donors (Lipinski definition) is 1. The van der Waals surface area contributed by atoms with Gasteiger partial charge in [-0.05, 0) is 32.1 Å². The van der Waals surface area contributed by atoms with Crippen molar-refractivity contribution in [3.63, 3.8) is 0 Å². The fourth-order valence-electron chi connectivity index (χ4n) is 2.47. The summed E-state index contributed by atoms with van der Waals surface area (Å²) in [5.41, 5.74) is 0. The van der Waals surface area contributed by atoms with Gasteiger partial charge in [-0.2, -0.15) is 0 Å². The van der Waals surface area contributed by atoms with Gasteiger partial charge in [0.05, 0.1) is 12.7 Å². The molecular weight excluding hydrogens is 256 g/mol. The van der Waals surface area contributed by atoms with Crippen LogP contribution in [-0.4, -0.2) is 72.4 Å². The molecule has 0 aromatic carbocycles. The Bertz CT molecular complexity index is 312. The summed E-state index contributed by atoms with van der Waals surface area (Å²) in [6, 6.07) is 0. The molecule has 0 aromatic heterocycles.